The van der Waals surface area contributed by atoms with E-state index in [1.54, 1.807) is 23.6 Å². The van der Waals surface area contributed by atoms with E-state index in [4.69, 9.17) is 11.6 Å². The number of hydrogen-bond donors (Lipinski definition) is 3. The van der Waals surface area contributed by atoms with Crippen molar-refractivity contribution in [1.29, 1.82) is 0 Å². The highest BCUT2D eigenvalue weighted by Gasteiger charge is 2.17. The van der Waals surface area contributed by atoms with E-state index in [0.29, 0.717) is 5.56 Å². The number of halogens is 2. The van der Waals surface area contributed by atoms with Crippen LogP contribution in [0.5, 0.6) is 0 Å². The van der Waals surface area contributed by atoms with E-state index in [0.717, 1.165) is 36.0 Å². The van der Waals surface area contributed by atoms with Crippen LogP contribution in [-0.2, 0) is 13.0 Å². The number of anilines is 1. The molecule has 0 saturated carbocycles. The van der Waals surface area contributed by atoms with Gasteiger partial charge in [0.15, 0.2) is 17.5 Å². The topological polar surface area (TPSA) is 114 Å². The van der Waals surface area contributed by atoms with E-state index in [1.165, 1.54) is 22.6 Å². The van der Waals surface area contributed by atoms with Crippen molar-refractivity contribution in [3.05, 3.63) is 64.2 Å². The Morgan fingerprint density at radius 1 is 1.24 bits per heavy atom. The Morgan fingerprint density at radius 3 is 2.90 bits per heavy atom. The molecule has 7 nitrogen and oxygen atoms in total. The lowest BCUT2D eigenvalue weighted by molar-refractivity contribution is 0.510. The molecule has 0 spiro atoms. The van der Waals surface area contributed by atoms with Crippen LogP contribution in [0.15, 0.2) is 51.9 Å². The summed E-state index contributed by atoms with van der Waals surface area (Å²) in [5.74, 6) is 3.14. The number of pyridine rings is 1. The van der Waals surface area contributed by atoms with Gasteiger partial charge in [-0.05, 0) is 42.8 Å². The van der Waals surface area contributed by atoms with Crippen LogP contribution in [0, 0.1) is 11.6 Å². The van der Waals surface area contributed by atoms with Crippen LogP contribution in [0.4, 0.5) is 20.3 Å². The van der Waals surface area contributed by atoms with Gasteiger partial charge in [-0.2, -0.15) is 0 Å². The second-order valence-corrected chi connectivity index (χ2v) is 7.50. The van der Waals surface area contributed by atoms with Gasteiger partial charge in [0.25, 0.3) is 0 Å². The molecule has 5 N–H and O–H groups in total. The summed E-state index contributed by atoms with van der Waals surface area (Å²) >= 11 is 1.66. The zero-order chi connectivity index (χ0) is 20.4. The zero-order valence-electron chi connectivity index (χ0n) is 15.2. The number of rotatable bonds is 3. The minimum absolute atomic E-state index is 0.0631. The number of aromatic nitrogens is 1. The van der Waals surface area contributed by atoms with Crippen molar-refractivity contribution >= 4 is 28.7 Å². The van der Waals surface area contributed by atoms with Gasteiger partial charge in [0.2, 0.25) is 0 Å². The van der Waals surface area contributed by atoms with Crippen LogP contribution in [0.2, 0.25) is 0 Å². The van der Waals surface area contributed by atoms with E-state index < -0.39 is 11.6 Å². The smallest absolute Gasteiger partial charge is 0.187 e. The first kappa shape index (κ1) is 19.1. The largest absolute Gasteiger partial charge is 0.383 e. The quantitative estimate of drug-likeness (QED) is 0.200. The summed E-state index contributed by atoms with van der Waals surface area (Å²) in [7, 11) is 0. The molecule has 0 unspecified atom stereocenters. The Hall–Kier alpha value is -3.24. The van der Waals surface area contributed by atoms with Crippen molar-refractivity contribution in [3.8, 4) is 10.4 Å². The number of benzene rings is 1. The summed E-state index contributed by atoms with van der Waals surface area (Å²) in [5, 5.41) is 10.4. The van der Waals surface area contributed by atoms with Crippen molar-refractivity contribution in [3.63, 3.8) is 0 Å². The van der Waals surface area contributed by atoms with Crippen molar-refractivity contribution < 1.29 is 8.78 Å². The lowest BCUT2D eigenvalue weighted by Gasteiger charge is -2.10. The van der Waals surface area contributed by atoms with Gasteiger partial charge in [-0.3, -0.25) is 0 Å². The third-order valence-electron chi connectivity index (χ3n) is 4.51. The molecular weight excluding hydrogens is 396 g/mol. The predicted molar refractivity (Wildman–Crippen MR) is 109 cm³/mol. The van der Waals surface area contributed by atoms with E-state index >= 15 is 0 Å². The number of hydrogen-bond acceptors (Lipinski definition) is 6. The highest BCUT2D eigenvalue weighted by Crippen LogP contribution is 2.34. The maximum absolute atomic E-state index is 14.1. The van der Waals surface area contributed by atoms with Gasteiger partial charge in [-0.1, -0.05) is 11.3 Å². The molecule has 0 atom stereocenters. The Balaban J connectivity index is 1.79. The highest BCUT2D eigenvalue weighted by atomic mass is 32.1. The fourth-order valence-electron chi connectivity index (χ4n) is 3.07. The fourth-order valence-corrected chi connectivity index (χ4v) is 4.23. The molecule has 2 aromatic heterocycles. The number of nitrogens with two attached hydrogens (primary N) is 2. The number of amidine groups is 1. The molecule has 1 aromatic carbocycles. The molecule has 148 valence electrons. The summed E-state index contributed by atoms with van der Waals surface area (Å²) in [5.41, 5.74) is 8.21. The number of aliphatic imine (C=N–C) groups is 1. The maximum Gasteiger partial charge on any atom is 0.187 e. The van der Waals surface area contributed by atoms with Gasteiger partial charge < -0.3 is 16.9 Å². The molecule has 1 aliphatic heterocycles. The third-order valence-corrected chi connectivity index (χ3v) is 5.73. The molecule has 10 heteroatoms. The standard InChI is InChI=1S/C19H17F2N7S/c20-13-2-1-3-14(17(13)21)26-19(27-28-23)12-6-11(8-25-18(12)22)15-7-10-4-5-24-9-16(10)29-15/h1-3,6-8,24H,4-5,9H2,(H2,22,25)(H2,23,26,27). The minimum Gasteiger partial charge on any atom is -0.383 e. The molecule has 0 radical (unpaired) electrons. The molecule has 3 aromatic rings. The number of fused-ring (bicyclic) bond motifs is 1. The Kier molecular flexibility index (Phi) is 5.28. The molecule has 3 heterocycles. The van der Waals surface area contributed by atoms with Crippen LogP contribution in [-0.4, -0.2) is 17.4 Å². The van der Waals surface area contributed by atoms with Gasteiger partial charge in [0.1, 0.15) is 11.5 Å². The van der Waals surface area contributed by atoms with Crippen LogP contribution in [0.1, 0.15) is 16.0 Å². The van der Waals surface area contributed by atoms with Crippen molar-refractivity contribution in [2.75, 3.05) is 12.3 Å². The summed E-state index contributed by atoms with van der Waals surface area (Å²) in [6.07, 6.45) is 2.62. The van der Waals surface area contributed by atoms with Crippen LogP contribution < -0.4 is 16.9 Å². The predicted octanol–water partition coefficient (Wildman–Crippen LogP) is 3.72. The van der Waals surface area contributed by atoms with E-state index in [9.17, 15) is 8.78 Å². The average Bonchev–Trinajstić information content (AvgIpc) is 3.15. The first-order valence-corrected chi connectivity index (χ1v) is 9.60. The molecular formula is C19H17F2N7S. The minimum atomic E-state index is -1.10. The molecule has 0 aliphatic carbocycles. The molecule has 4 rings (SSSR count). The van der Waals surface area contributed by atoms with Crippen molar-refractivity contribution in [1.82, 2.24) is 10.3 Å². The number of thiophene rings is 1. The molecule has 0 fully saturated rings. The molecule has 0 amide bonds. The van der Waals surface area contributed by atoms with Crippen molar-refractivity contribution in [2.45, 2.75) is 13.0 Å². The van der Waals surface area contributed by atoms with Gasteiger partial charge >= 0.3 is 0 Å². The van der Waals surface area contributed by atoms with Gasteiger partial charge in [-0.15, -0.1) is 16.5 Å². The van der Waals surface area contributed by atoms with E-state index in [2.05, 4.69) is 31.7 Å². The van der Waals surface area contributed by atoms with Crippen LogP contribution in [0.25, 0.3) is 10.4 Å². The van der Waals surface area contributed by atoms with Crippen molar-refractivity contribution in [2.24, 2.45) is 21.2 Å². The maximum atomic E-state index is 14.1. The Bertz CT molecular complexity index is 1100. The van der Waals surface area contributed by atoms with Crippen LogP contribution >= 0.6 is 11.3 Å². The molecule has 0 saturated heterocycles. The van der Waals surface area contributed by atoms with Crippen LogP contribution in [0.3, 0.4) is 0 Å². The Morgan fingerprint density at radius 2 is 2.10 bits per heavy atom. The number of nitrogen functional groups attached to an aromatic ring is 1. The first-order valence-electron chi connectivity index (χ1n) is 8.79. The first-order chi connectivity index (χ1) is 14.1. The summed E-state index contributed by atoms with van der Waals surface area (Å²) in [6.45, 7) is 1.78. The lowest BCUT2D eigenvalue weighted by atomic mass is 10.1. The normalized spacial score (nSPS) is 14.3. The number of nitrogens with one attached hydrogen (secondary N) is 1. The Labute approximate surface area is 169 Å². The van der Waals surface area contributed by atoms with Gasteiger partial charge in [0.05, 0.1) is 5.56 Å². The lowest BCUT2D eigenvalue weighted by Crippen LogP contribution is -2.21. The summed E-state index contributed by atoms with van der Waals surface area (Å²) in [4.78, 5) is 10.6. The summed E-state index contributed by atoms with van der Waals surface area (Å²) < 4.78 is 27.6. The van der Waals surface area contributed by atoms with Gasteiger partial charge in [0, 0.05) is 28.1 Å². The molecule has 29 heavy (non-hydrogen) atoms. The second kappa shape index (κ2) is 8.02. The van der Waals surface area contributed by atoms with E-state index in [-0.39, 0.29) is 17.3 Å². The summed E-state index contributed by atoms with van der Waals surface area (Å²) in [6, 6.07) is 7.54. The third kappa shape index (κ3) is 3.84. The number of nitrogens with zero attached hydrogens (tertiary/aromatic N) is 4. The molecule has 1 aliphatic rings. The average molecular weight is 413 g/mol. The second-order valence-electron chi connectivity index (χ2n) is 6.37. The monoisotopic (exact) mass is 413 g/mol. The highest BCUT2D eigenvalue weighted by molar-refractivity contribution is 7.15. The fraction of sp³-hybridized carbons (Fsp3) is 0.158. The van der Waals surface area contributed by atoms with Gasteiger partial charge in [-0.25, -0.2) is 18.8 Å². The van der Waals surface area contributed by atoms with E-state index in [1.807, 2.05) is 0 Å². The SMILES string of the molecule is NN=NC(=Nc1cccc(F)c1F)c1cc(-c2cc3c(s2)CNCC3)cnc1N. The zero-order valence-corrected chi connectivity index (χ0v) is 16.0. The molecule has 0 bridgehead atoms.